The molecule has 0 aliphatic heterocycles. The molecule has 0 radical (unpaired) electrons. The van der Waals surface area contributed by atoms with E-state index >= 15 is 0 Å². The van der Waals surface area contributed by atoms with Crippen LogP contribution < -0.4 is 10.1 Å². The second-order valence-electron chi connectivity index (χ2n) is 4.53. The average Bonchev–Trinajstić information content (AvgIpc) is 2.34. The third-order valence-electron chi connectivity index (χ3n) is 2.51. The highest BCUT2D eigenvalue weighted by Gasteiger charge is 2.05. The van der Waals surface area contributed by atoms with Gasteiger partial charge in [0.15, 0.2) is 0 Å². The van der Waals surface area contributed by atoms with Gasteiger partial charge in [0.2, 0.25) is 0 Å². The summed E-state index contributed by atoms with van der Waals surface area (Å²) in [6, 6.07) is 8.37. The Morgan fingerprint density at radius 3 is 2.76 bits per heavy atom. The SMILES string of the molecule is CCc1cccc(OCC(O)CNC(C)C)c1. The van der Waals surface area contributed by atoms with Gasteiger partial charge < -0.3 is 15.2 Å². The number of aliphatic hydroxyl groups excluding tert-OH is 1. The Morgan fingerprint density at radius 2 is 2.12 bits per heavy atom. The second kappa shape index (κ2) is 7.30. The van der Waals surface area contributed by atoms with Crippen LogP contribution in [-0.2, 0) is 6.42 Å². The Hall–Kier alpha value is -1.06. The average molecular weight is 237 g/mol. The van der Waals surface area contributed by atoms with Crippen molar-refractivity contribution in [3.8, 4) is 5.75 Å². The van der Waals surface area contributed by atoms with Gasteiger partial charge in [-0.1, -0.05) is 32.9 Å². The fraction of sp³-hybridized carbons (Fsp3) is 0.571. The van der Waals surface area contributed by atoms with Gasteiger partial charge in [-0.15, -0.1) is 0 Å². The van der Waals surface area contributed by atoms with Crippen molar-refractivity contribution in [3.63, 3.8) is 0 Å². The smallest absolute Gasteiger partial charge is 0.119 e. The Kier molecular flexibility index (Phi) is 6.01. The normalized spacial score (nSPS) is 12.8. The Bertz CT molecular complexity index is 326. The minimum atomic E-state index is -0.470. The van der Waals surface area contributed by atoms with Crippen LogP contribution >= 0.6 is 0 Å². The maximum Gasteiger partial charge on any atom is 0.119 e. The maximum atomic E-state index is 9.70. The minimum Gasteiger partial charge on any atom is -0.491 e. The van der Waals surface area contributed by atoms with Gasteiger partial charge in [-0.2, -0.15) is 0 Å². The van der Waals surface area contributed by atoms with Gasteiger partial charge in [-0.3, -0.25) is 0 Å². The lowest BCUT2D eigenvalue weighted by atomic mass is 10.2. The first-order chi connectivity index (χ1) is 8.11. The van der Waals surface area contributed by atoms with Crippen molar-refractivity contribution in [2.45, 2.75) is 39.3 Å². The highest BCUT2D eigenvalue weighted by atomic mass is 16.5. The molecule has 0 aliphatic carbocycles. The molecule has 1 unspecified atom stereocenters. The number of hydrogen-bond acceptors (Lipinski definition) is 3. The summed E-state index contributed by atoms with van der Waals surface area (Å²) in [5.41, 5.74) is 1.25. The molecule has 0 amide bonds. The zero-order valence-electron chi connectivity index (χ0n) is 10.9. The summed E-state index contributed by atoms with van der Waals surface area (Å²) in [5.74, 6) is 0.827. The lowest BCUT2D eigenvalue weighted by Gasteiger charge is -2.15. The highest BCUT2D eigenvalue weighted by Crippen LogP contribution is 2.13. The lowest BCUT2D eigenvalue weighted by Crippen LogP contribution is -2.35. The molecule has 96 valence electrons. The molecule has 0 fully saturated rings. The van der Waals surface area contributed by atoms with E-state index in [1.165, 1.54) is 5.56 Å². The summed E-state index contributed by atoms with van der Waals surface area (Å²) in [4.78, 5) is 0. The third-order valence-corrected chi connectivity index (χ3v) is 2.51. The first kappa shape index (κ1) is 14.0. The zero-order valence-corrected chi connectivity index (χ0v) is 10.9. The predicted molar refractivity (Wildman–Crippen MR) is 70.5 cm³/mol. The number of ether oxygens (including phenoxy) is 1. The summed E-state index contributed by atoms with van der Waals surface area (Å²) in [6.07, 6.45) is 0.525. The molecule has 0 bridgehead atoms. The summed E-state index contributed by atoms with van der Waals surface area (Å²) >= 11 is 0. The minimum absolute atomic E-state index is 0.326. The summed E-state index contributed by atoms with van der Waals surface area (Å²) in [5, 5.41) is 12.9. The third kappa shape index (κ3) is 5.71. The monoisotopic (exact) mass is 237 g/mol. The molecular weight excluding hydrogens is 214 g/mol. The molecule has 3 nitrogen and oxygen atoms in total. The molecule has 1 atom stereocenters. The van der Waals surface area contributed by atoms with E-state index in [-0.39, 0.29) is 0 Å². The van der Waals surface area contributed by atoms with Gasteiger partial charge in [0.05, 0.1) is 0 Å². The van der Waals surface area contributed by atoms with E-state index in [9.17, 15) is 5.11 Å². The topological polar surface area (TPSA) is 41.5 Å². The number of benzene rings is 1. The summed E-state index contributed by atoms with van der Waals surface area (Å²) in [6.45, 7) is 7.11. The molecule has 2 N–H and O–H groups in total. The van der Waals surface area contributed by atoms with Gasteiger partial charge >= 0.3 is 0 Å². The van der Waals surface area contributed by atoms with Crippen molar-refractivity contribution >= 4 is 0 Å². The van der Waals surface area contributed by atoms with Crippen molar-refractivity contribution in [1.82, 2.24) is 5.32 Å². The van der Waals surface area contributed by atoms with Crippen LogP contribution in [0.4, 0.5) is 0 Å². The van der Waals surface area contributed by atoms with Crippen LogP contribution in [0.25, 0.3) is 0 Å². The summed E-state index contributed by atoms with van der Waals surface area (Å²) < 4.78 is 5.55. The van der Waals surface area contributed by atoms with Gasteiger partial charge in [0.25, 0.3) is 0 Å². The van der Waals surface area contributed by atoms with E-state index in [4.69, 9.17) is 4.74 Å². The van der Waals surface area contributed by atoms with Crippen LogP contribution in [0, 0.1) is 0 Å². The number of rotatable bonds is 7. The van der Waals surface area contributed by atoms with E-state index in [1.807, 2.05) is 18.2 Å². The quantitative estimate of drug-likeness (QED) is 0.762. The molecule has 0 aliphatic rings. The van der Waals surface area contributed by atoms with Crippen molar-refractivity contribution in [1.29, 1.82) is 0 Å². The maximum absolute atomic E-state index is 9.70. The Morgan fingerprint density at radius 1 is 1.35 bits per heavy atom. The first-order valence-corrected chi connectivity index (χ1v) is 6.25. The molecule has 0 saturated heterocycles. The Balaban J connectivity index is 2.33. The molecule has 0 saturated carbocycles. The molecule has 1 rings (SSSR count). The number of nitrogens with one attached hydrogen (secondary N) is 1. The van der Waals surface area contributed by atoms with Crippen LogP contribution in [0.5, 0.6) is 5.75 Å². The van der Waals surface area contributed by atoms with Crippen LogP contribution in [-0.4, -0.2) is 30.4 Å². The fourth-order valence-electron chi connectivity index (χ4n) is 1.48. The zero-order chi connectivity index (χ0) is 12.7. The molecule has 17 heavy (non-hydrogen) atoms. The van der Waals surface area contributed by atoms with Crippen LogP contribution in [0.3, 0.4) is 0 Å². The highest BCUT2D eigenvalue weighted by molar-refractivity contribution is 5.28. The van der Waals surface area contributed by atoms with Crippen LogP contribution in [0.15, 0.2) is 24.3 Å². The Labute approximate surface area is 104 Å². The first-order valence-electron chi connectivity index (χ1n) is 6.25. The van der Waals surface area contributed by atoms with E-state index < -0.39 is 6.10 Å². The largest absolute Gasteiger partial charge is 0.491 e. The summed E-state index contributed by atoms with van der Waals surface area (Å²) in [7, 11) is 0. The van der Waals surface area contributed by atoms with E-state index in [0.717, 1.165) is 12.2 Å². The molecule has 1 aromatic rings. The standard InChI is InChI=1S/C14H23NO2/c1-4-12-6-5-7-14(8-12)17-10-13(16)9-15-11(2)3/h5-8,11,13,15-16H,4,9-10H2,1-3H3. The van der Waals surface area contributed by atoms with Gasteiger partial charge in [0.1, 0.15) is 18.5 Å². The molecule has 1 aromatic carbocycles. The van der Waals surface area contributed by atoms with E-state index in [1.54, 1.807) is 0 Å². The molecule has 0 heterocycles. The fourth-order valence-corrected chi connectivity index (χ4v) is 1.48. The molecule has 0 aromatic heterocycles. The van der Waals surface area contributed by atoms with Gasteiger partial charge in [0, 0.05) is 12.6 Å². The van der Waals surface area contributed by atoms with Crippen molar-refractivity contribution in [2.24, 2.45) is 0 Å². The number of aryl methyl sites for hydroxylation is 1. The van der Waals surface area contributed by atoms with Crippen LogP contribution in [0.1, 0.15) is 26.3 Å². The second-order valence-corrected chi connectivity index (χ2v) is 4.53. The van der Waals surface area contributed by atoms with Crippen molar-refractivity contribution < 1.29 is 9.84 Å². The lowest BCUT2D eigenvalue weighted by molar-refractivity contribution is 0.104. The van der Waals surface area contributed by atoms with Crippen molar-refractivity contribution in [2.75, 3.05) is 13.2 Å². The van der Waals surface area contributed by atoms with Gasteiger partial charge in [-0.25, -0.2) is 0 Å². The number of aliphatic hydroxyl groups is 1. The van der Waals surface area contributed by atoms with E-state index in [2.05, 4.69) is 32.2 Å². The van der Waals surface area contributed by atoms with E-state index in [0.29, 0.717) is 19.2 Å². The van der Waals surface area contributed by atoms with Crippen LogP contribution in [0.2, 0.25) is 0 Å². The molecular formula is C14H23NO2. The number of hydrogen-bond donors (Lipinski definition) is 2. The molecule has 0 spiro atoms. The predicted octanol–water partition coefficient (Wildman–Crippen LogP) is 1.99. The van der Waals surface area contributed by atoms with Crippen molar-refractivity contribution in [3.05, 3.63) is 29.8 Å². The van der Waals surface area contributed by atoms with Gasteiger partial charge in [-0.05, 0) is 24.1 Å². The molecule has 3 heteroatoms.